The van der Waals surface area contributed by atoms with Gasteiger partial charge in [0.1, 0.15) is 12.0 Å². The molecule has 1 aliphatic rings. The lowest BCUT2D eigenvalue weighted by atomic mass is 10.1. The van der Waals surface area contributed by atoms with Gasteiger partial charge >= 0.3 is 0 Å². The predicted molar refractivity (Wildman–Crippen MR) is 136 cm³/mol. The van der Waals surface area contributed by atoms with Crippen molar-refractivity contribution in [1.29, 1.82) is 0 Å². The Bertz CT molecular complexity index is 1160. The van der Waals surface area contributed by atoms with Crippen LogP contribution in [0, 0.1) is 0 Å². The average Bonchev–Trinajstić information content (AvgIpc) is 3.15. The minimum atomic E-state index is -0.200. The van der Waals surface area contributed by atoms with Crippen molar-refractivity contribution in [2.75, 3.05) is 17.8 Å². The van der Waals surface area contributed by atoms with E-state index < -0.39 is 0 Å². The summed E-state index contributed by atoms with van der Waals surface area (Å²) in [5, 5.41) is 1.52. The Morgan fingerprint density at radius 2 is 1.78 bits per heavy atom. The second-order valence-electron chi connectivity index (χ2n) is 6.96. The maximum Gasteiger partial charge on any atom is 0.238 e. The molecule has 0 aromatic heterocycles. The van der Waals surface area contributed by atoms with Crippen LogP contribution in [0.4, 0.5) is 5.69 Å². The molecule has 4 nitrogen and oxygen atoms in total. The third-order valence-corrected chi connectivity index (χ3v) is 7.54. The van der Waals surface area contributed by atoms with Crippen LogP contribution in [-0.4, -0.2) is 18.8 Å². The number of carbonyl (C=O) groups is 1. The molecule has 0 radical (unpaired) electrons. The first kappa shape index (κ1) is 23.6. The molecule has 32 heavy (non-hydrogen) atoms. The lowest BCUT2D eigenvalue weighted by Gasteiger charge is -2.25. The number of hydrogen-bond donors (Lipinski definition) is 0. The molecule has 1 saturated heterocycles. The summed E-state index contributed by atoms with van der Waals surface area (Å²) in [4.78, 5) is 14.4. The molecule has 0 spiro atoms. The second-order valence-corrected chi connectivity index (χ2v) is 10.2. The minimum Gasteiger partial charge on any atom is -0.493 e. The highest BCUT2D eigenvalue weighted by Crippen LogP contribution is 2.46. The van der Waals surface area contributed by atoms with E-state index in [1.54, 1.807) is 48.0 Å². The fourth-order valence-corrected chi connectivity index (χ4v) is 5.68. The minimum absolute atomic E-state index is 0.0371. The average molecular weight is 574 g/mol. The zero-order chi connectivity index (χ0) is 22.8. The first-order valence-corrected chi connectivity index (χ1v) is 12.5. The largest absolute Gasteiger partial charge is 0.493 e. The molecule has 1 aliphatic heterocycles. The van der Waals surface area contributed by atoms with E-state index in [1.807, 2.05) is 30.3 Å². The van der Waals surface area contributed by atoms with Gasteiger partial charge < -0.3 is 9.47 Å². The molecule has 1 heterocycles. The van der Waals surface area contributed by atoms with Crippen molar-refractivity contribution in [3.05, 3.63) is 85.3 Å². The maximum atomic E-state index is 12.6. The van der Waals surface area contributed by atoms with E-state index >= 15 is 0 Å². The van der Waals surface area contributed by atoms with Crippen LogP contribution in [0.5, 0.6) is 11.5 Å². The molecule has 3 aromatic carbocycles. The normalized spacial score (nSPS) is 15.8. The zero-order valence-corrected chi connectivity index (χ0v) is 21.5. The predicted octanol–water partition coefficient (Wildman–Crippen LogP) is 7.78. The molecule has 0 saturated carbocycles. The first-order chi connectivity index (χ1) is 15.4. The Labute approximate surface area is 213 Å². The van der Waals surface area contributed by atoms with Crippen LogP contribution in [0.3, 0.4) is 0 Å². The molecule has 0 bridgehead atoms. The van der Waals surface area contributed by atoms with Crippen LogP contribution < -0.4 is 14.4 Å². The highest BCUT2D eigenvalue weighted by molar-refractivity contribution is 9.10. The van der Waals surface area contributed by atoms with Crippen LogP contribution in [0.1, 0.15) is 16.5 Å². The zero-order valence-electron chi connectivity index (χ0n) is 16.8. The molecular formula is C23H17BrCl3NO3S. The molecule has 0 aliphatic carbocycles. The fraction of sp³-hybridized carbons (Fsp3) is 0.174. The molecule has 9 heteroatoms. The summed E-state index contributed by atoms with van der Waals surface area (Å²) in [7, 11) is 1.58. The number of halogens is 4. The van der Waals surface area contributed by atoms with Crippen molar-refractivity contribution in [3.8, 4) is 11.5 Å². The van der Waals surface area contributed by atoms with Gasteiger partial charge in [-0.3, -0.25) is 9.69 Å². The molecule has 1 amide bonds. The van der Waals surface area contributed by atoms with E-state index in [1.165, 1.54) is 0 Å². The third kappa shape index (κ3) is 5.00. The summed E-state index contributed by atoms with van der Waals surface area (Å²) in [6.07, 6.45) is 0. The number of hydrogen-bond acceptors (Lipinski definition) is 4. The Kier molecular flexibility index (Phi) is 7.47. The van der Waals surface area contributed by atoms with Crippen LogP contribution in [0.15, 0.2) is 59.1 Å². The summed E-state index contributed by atoms with van der Waals surface area (Å²) in [5.74, 6) is 1.53. The molecule has 4 rings (SSSR count). The van der Waals surface area contributed by atoms with Gasteiger partial charge in [-0.1, -0.05) is 40.9 Å². The Morgan fingerprint density at radius 1 is 1.06 bits per heavy atom. The van der Waals surface area contributed by atoms with Crippen molar-refractivity contribution in [2.45, 2.75) is 12.0 Å². The Morgan fingerprint density at radius 3 is 2.47 bits per heavy atom. The number of methoxy groups -OCH3 is 1. The Hall–Kier alpha value is -1.57. The van der Waals surface area contributed by atoms with Crippen molar-refractivity contribution in [3.63, 3.8) is 0 Å². The van der Waals surface area contributed by atoms with Gasteiger partial charge in [0.25, 0.3) is 0 Å². The van der Waals surface area contributed by atoms with Gasteiger partial charge in [0.05, 0.1) is 17.3 Å². The lowest BCUT2D eigenvalue weighted by molar-refractivity contribution is -0.115. The number of carbonyl (C=O) groups excluding carboxylic acids is 1. The standard InChI is InChI=1S/C23H17BrCl3NO3S/c1-30-20-9-14(23-28(21(29)12-32-23)17-6-4-15(25)5-7-17)8-18(24)22(20)31-11-13-2-3-16(26)10-19(13)27/h2-10,23H,11-12H2,1H3/t23-/m1/s1. The SMILES string of the molecule is COc1cc([C@H]2SCC(=O)N2c2ccc(Cl)cc2)cc(Br)c1OCc1ccc(Cl)cc1Cl. The van der Waals surface area contributed by atoms with Gasteiger partial charge in [-0.15, -0.1) is 11.8 Å². The van der Waals surface area contributed by atoms with Gasteiger partial charge in [-0.25, -0.2) is 0 Å². The number of anilines is 1. The fourth-order valence-electron chi connectivity index (χ4n) is 3.36. The van der Waals surface area contributed by atoms with Crippen molar-refractivity contribution in [2.24, 2.45) is 0 Å². The lowest BCUT2D eigenvalue weighted by Crippen LogP contribution is -2.27. The molecule has 0 unspecified atom stereocenters. The number of amides is 1. The summed E-state index contributed by atoms with van der Waals surface area (Å²) < 4.78 is 12.4. The van der Waals surface area contributed by atoms with Gasteiger partial charge in [0.2, 0.25) is 5.91 Å². The topological polar surface area (TPSA) is 38.8 Å². The molecule has 3 aromatic rings. The number of ether oxygens (including phenoxy) is 2. The molecule has 0 N–H and O–H groups in total. The monoisotopic (exact) mass is 571 g/mol. The van der Waals surface area contributed by atoms with Gasteiger partial charge in [-0.2, -0.15) is 0 Å². The van der Waals surface area contributed by atoms with Crippen LogP contribution in [0.25, 0.3) is 0 Å². The molecule has 1 fully saturated rings. The van der Waals surface area contributed by atoms with E-state index in [-0.39, 0.29) is 17.9 Å². The third-order valence-electron chi connectivity index (χ3n) is 4.90. The van der Waals surface area contributed by atoms with E-state index in [4.69, 9.17) is 44.3 Å². The molecular weight excluding hydrogens is 557 g/mol. The van der Waals surface area contributed by atoms with Gasteiger partial charge in [0.15, 0.2) is 11.5 Å². The molecule has 1 atom stereocenters. The first-order valence-electron chi connectivity index (χ1n) is 9.50. The molecule has 166 valence electrons. The number of thioether (sulfide) groups is 1. The van der Waals surface area contributed by atoms with Crippen molar-refractivity contribution >= 4 is 74.1 Å². The summed E-state index contributed by atoms with van der Waals surface area (Å²) >= 11 is 23.4. The summed E-state index contributed by atoms with van der Waals surface area (Å²) in [6, 6.07) is 16.3. The smallest absolute Gasteiger partial charge is 0.238 e. The van der Waals surface area contributed by atoms with Crippen LogP contribution >= 0.6 is 62.5 Å². The second kappa shape index (κ2) is 10.1. The van der Waals surface area contributed by atoms with Gasteiger partial charge in [-0.05, 0) is 70.0 Å². The van der Waals surface area contributed by atoms with Crippen LogP contribution in [-0.2, 0) is 11.4 Å². The quantitative estimate of drug-likeness (QED) is 0.302. The number of rotatable bonds is 6. The van der Waals surface area contributed by atoms with Gasteiger partial charge in [0, 0.05) is 26.3 Å². The highest BCUT2D eigenvalue weighted by Gasteiger charge is 2.35. The van der Waals surface area contributed by atoms with E-state index in [2.05, 4.69) is 15.9 Å². The maximum absolute atomic E-state index is 12.6. The van der Waals surface area contributed by atoms with Crippen molar-refractivity contribution < 1.29 is 14.3 Å². The summed E-state index contributed by atoms with van der Waals surface area (Å²) in [5.41, 5.74) is 2.51. The highest BCUT2D eigenvalue weighted by atomic mass is 79.9. The number of benzene rings is 3. The van der Waals surface area contributed by atoms with E-state index in [9.17, 15) is 4.79 Å². The van der Waals surface area contributed by atoms with E-state index in [0.29, 0.717) is 36.8 Å². The van der Waals surface area contributed by atoms with Crippen molar-refractivity contribution in [1.82, 2.24) is 0 Å². The Balaban J connectivity index is 1.62. The van der Waals surface area contributed by atoms with Crippen LogP contribution in [0.2, 0.25) is 15.1 Å². The van der Waals surface area contributed by atoms with E-state index in [0.717, 1.165) is 16.8 Å². The number of nitrogens with zero attached hydrogens (tertiary/aromatic N) is 1. The summed E-state index contributed by atoms with van der Waals surface area (Å²) in [6.45, 7) is 0.248.